The Labute approximate surface area is 153 Å². The molecule has 5 nitrogen and oxygen atoms in total. The predicted molar refractivity (Wildman–Crippen MR) is 103 cm³/mol. The van der Waals surface area contributed by atoms with Crippen LogP contribution >= 0.6 is 11.8 Å². The molecule has 2 N–H and O–H groups in total. The number of rotatable bonds is 7. The van der Waals surface area contributed by atoms with E-state index in [9.17, 15) is 13.2 Å². The third kappa shape index (κ3) is 6.80. The summed E-state index contributed by atoms with van der Waals surface area (Å²) in [5, 5.41) is 2.93. The zero-order chi connectivity index (χ0) is 18.4. The largest absolute Gasteiger partial charge is 0.349 e. The molecule has 0 aromatic heterocycles. The van der Waals surface area contributed by atoms with Crippen molar-refractivity contribution in [1.82, 2.24) is 5.32 Å². The number of amides is 1. The summed E-state index contributed by atoms with van der Waals surface area (Å²) in [6.45, 7) is 3.89. The fraction of sp³-hybridized carbons (Fsp3) is 0.278. The number of nitrogens with one attached hydrogen (secondary N) is 2. The van der Waals surface area contributed by atoms with Crippen LogP contribution < -0.4 is 10.0 Å². The highest BCUT2D eigenvalue weighted by atomic mass is 32.2. The summed E-state index contributed by atoms with van der Waals surface area (Å²) in [5.74, 6) is 0.258. The van der Waals surface area contributed by atoms with Crippen LogP contribution in [0.5, 0.6) is 0 Å². The standard InChI is InChI=1S/C18H22N2O3S2/c1-13-7-9-17(10-8-13)24-12-18(21)19-14(2)15-5-4-6-16(11-15)20-25(3,22)23/h4-11,14,20H,12H2,1-3H3,(H,19,21). The normalized spacial score (nSPS) is 12.4. The first-order valence-corrected chi connectivity index (χ1v) is 10.7. The zero-order valence-electron chi connectivity index (χ0n) is 14.4. The summed E-state index contributed by atoms with van der Waals surface area (Å²) < 4.78 is 25.1. The molecule has 1 atom stereocenters. The van der Waals surface area contributed by atoms with Gasteiger partial charge in [0.25, 0.3) is 0 Å². The van der Waals surface area contributed by atoms with Crippen LogP contribution in [0.25, 0.3) is 0 Å². The molecule has 1 unspecified atom stereocenters. The number of anilines is 1. The molecule has 1 amide bonds. The van der Waals surface area contributed by atoms with Crippen LogP contribution in [0.3, 0.4) is 0 Å². The molecule has 0 saturated carbocycles. The molecule has 0 spiro atoms. The molecular weight excluding hydrogens is 356 g/mol. The van der Waals surface area contributed by atoms with Crippen molar-refractivity contribution in [3.05, 3.63) is 59.7 Å². The molecule has 0 aliphatic rings. The van der Waals surface area contributed by atoms with Crippen molar-refractivity contribution in [2.75, 3.05) is 16.7 Å². The van der Waals surface area contributed by atoms with Gasteiger partial charge in [0.1, 0.15) is 0 Å². The Balaban J connectivity index is 1.92. The van der Waals surface area contributed by atoms with Crippen molar-refractivity contribution in [2.24, 2.45) is 0 Å². The lowest BCUT2D eigenvalue weighted by atomic mass is 10.1. The lowest BCUT2D eigenvalue weighted by Gasteiger charge is -2.15. The van der Waals surface area contributed by atoms with Crippen molar-refractivity contribution < 1.29 is 13.2 Å². The molecular formula is C18H22N2O3S2. The van der Waals surface area contributed by atoms with Gasteiger partial charge in [-0.05, 0) is 43.7 Å². The molecule has 0 saturated heterocycles. The average molecular weight is 379 g/mol. The summed E-state index contributed by atoms with van der Waals surface area (Å²) in [6.07, 6.45) is 1.10. The number of hydrogen-bond donors (Lipinski definition) is 2. The highest BCUT2D eigenvalue weighted by molar-refractivity contribution is 8.00. The summed E-state index contributed by atoms with van der Waals surface area (Å²) in [7, 11) is -3.33. The van der Waals surface area contributed by atoms with Crippen LogP contribution in [0.2, 0.25) is 0 Å². The van der Waals surface area contributed by atoms with Crippen molar-refractivity contribution in [2.45, 2.75) is 24.8 Å². The molecule has 0 fully saturated rings. The van der Waals surface area contributed by atoms with Crippen LogP contribution in [-0.2, 0) is 14.8 Å². The summed E-state index contributed by atoms with van der Waals surface area (Å²) in [6, 6.07) is 14.8. The Morgan fingerprint density at radius 3 is 2.48 bits per heavy atom. The molecule has 0 radical (unpaired) electrons. The quantitative estimate of drug-likeness (QED) is 0.725. The smallest absolute Gasteiger partial charge is 0.230 e. The average Bonchev–Trinajstić information content (AvgIpc) is 2.53. The first-order valence-electron chi connectivity index (χ1n) is 7.79. The Morgan fingerprint density at radius 1 is 1.16 bits per heavy atom. The van der Waals surface area contributed by atoms with Gasteiger partial charge in [-0.25, -0.2) is 8.42 Å². The van der Waals surface area contributed by atoms with Crippen LogP contribution in [0.1, 0.15) is 24.1 Å². The van der Waals surface area contributed by atoms with Crippen molar-refractivity contribution >= 4 is 33.4 Å². The minimum atomic E-state index is -3.33. The number of hydrogen-bond acceptors (Lipinski definition) is 4. The number of sulfonamides is 1. The maximum Gasteiger partial charge on any atom is 0.230 e. The van der Waals surface area contributed by atoms with E-state index < -0.39 is 10.0 Å². The van der Waals surface area contributed by atoms with Crippen molar-refractivity contribution in [3.8, 4) is 0 Å². The van der Waals surface area contributed by atoms with E-state index in [2.05, 4.69) is 10.0 Å². The SMILES string of the molecule is Cc1ccc(SCC(=O)NC(C)c2cccc(NS(C)(=O)=O)c2)cc1. The van der Waals surface area contributed by atoms with E-state index in [0.717, 1.165) is 16.7 Å². The molecule has 2 aromatic rings. The number of thioether (sulfide) groups is 1. The van der Waals surface area contributed by atoms with E-state index in [1.54, 1.807) is 18.2 Å². The molecule has 0 heterocycles. The van der Waals surface area contributed by atoms with Crippen molar-refractivity contribution in [1.29, 1.82) is 0 Å². The Hall–Kier alpha value is -1.99. The molecule has 134 valence electrons. The predicted octanol–water partition coefficient (Wildman–Crippen LogP) is 3.34. The zero-order valence-corrected chi connectivity index (χ0v) is 16.1. The third-order valence-corrected chi connectivity index (χ3v) is 5.08. The summed E-state index contributed by atoms with van der Waals surface area (Å²) in [5.41, 5.74) is 2.50. The van der Waals surface area contributed by atoms with Gasteiger partial charge in [-0.3, -0.25) is 9.52 Å². The van der Waals surface area contributed by atoms with Gasteiger partial charge in [-0.1, -0.05) is 29.8 Å². The molecule has 7 heteroatoms. The second kappa shape index (κ2) is 8.40. The van der Waals surface area contributed by atoms with Crippen molar-refractivity contribution in [3.63, 3.8) is 0 Å². The Bertz CT molecular complexity index is 834. The van der Waals surface area contributed by atoms with Gasteiger partial charge >= 0.3 is 0 Å². The highest BCUT2D eigenvalue weighted by Gasteiger charge is 2.11. The van der Waals surface area contributed by atoms with Gasteiger partial charge in [-0.15, -0.1) is 11.8 Å². The Morgan fingerprint density at radius 2 is 1.84 bits per heavy atom. The maximum atomic E-state index is 12.1. The van der Waals surface area contributed by atoms with E-state index in [-0.39, 0.29) is 11.9 Å². The summed E-state index contributed by atoms with van der Waals surface area (Å²) >= 11 is 1.48. The van der Waals surface area contributed by atoms with Gasteiger partial charge in [0.05, 0.1) is 18.1 Å². The van der Waals surface area contributed by atoms with Gasteiger partial charge in [0, 0.05) is 10.6 Å². The fourth-order valence-electron chi connectivity index (χ4n) is 2.24. The topological polar surface area (TPSA) is 75.3 Å². The van der Waals surface area contributed by atoms with Crippen LogP contribution in [0, 0.1) is 6.92 Å². The van der Waals surface area contributed by atoms with Gasteiger partial charge < -0.3 is 5.32 Å². The van der Waals surface area contributed by atoms with Crippen LogP contribution in [0.15, 0.2) is 53.4 Å². The molecule has 0 bridgehead atoms. The van der Waals surface area contributed by atoms with E-state index >= 15 is 0 Å². The molecule has 2 rings (SSSR count). The van der Waals surface area contributed by atoms with Gasteiger partial charge in [-0.2, -0.15) is 0 Å². The number of aryl methyl sites for hydroxylation is 1. The van der Waals surface area contributed by atoms with E-state index in [0.29, 0.717) is 11.4 Å². The second-order valence-electron chi connectivity index (χ2n) is 5.89. The fourth-order valence-corrected chi connectivity index (χ4v) is 3.50. The van der Waals surface area contributed by atoms with Crippen LogP contribution in [-0.4, -0.2) is 26.3 Å². The van der Waals surface area contributed by atoms with E-state index in [4.69, 9.17) is 0 Å². The number of carbonyl (C=O) groups excluding carboxylic acids is 1. The first-order chi connectivity index (χ1) is 11.7. The molecule has 2 aromatic carbocycles. The minimum absolute atomic E-state index is 0.0699. The van der Waals surface area contributed by atoms with E-state index in [1.807, 2.05) is 44.2 Å². The molecule has 0 aliphatic heterocycles. The molecule has 0 aliphatic carbocycles. The minimum Gasteiger partial charge on any atom is -0.349 e. The summed E-state index contributed by atoms with van der Waals surface area (Å²) in [4.78, 5) is 13.2. The monoisotopic (exact) mass is 378 g/mol. The lowest BCUT2D eigenvalue weighted by Crippen LogP contribution is -2.28. The Kier molecular flexibility index (Phi) is 6.50. The first kappa shape index (κ1) is 19.3. The van der Waals surface area contributed by atoms with Gasteiger partial charge in [0.2, 0.25) is 15.9 Å². The highest BCUT2D eigenvalue weighted by Crippen LogP contribution is 2.20. The number of carbonyl (C=O) groups is 1. The third-order valence-electron chi connectivity index (χ3n) is 3.46. The second-order valence-corrected chi connectivity index (χ2v) is 8.69. The van der Waals surface area contributed by atoms with Crippen LogP contribution in [0.4, 0.5) is 5.69 Å². The van der Waals surface area contributed by atoms with E-state index in [1.165, 1.54) is 17.3 Å². The number of benzene rings is 2. The maximum absolute atomic E-state index is 12.1. The lowest BCUT2D eigenvalue weighted by molar-refractivity contribution is -0.119. The molecule has 25 heavy (non-hydrogen) atoms. The van der Waals surface area contributed by atoms with Gasteiger partial charge in [0.15, 0.2) is 0 Å².